The fourth-order valence-corrected chi connectivity index (χ4v) is 5.53. The highest BCUT2D eigenvalue weighted by Gasteiger charge is 2.29. The van der Waals surface area contributed by atoms with Crippen LogP contribution in [0.25, 0.3) is 10.2 Å². The second kappa shape index (κ2) is 6.54. The number of benzene rings is 1. The topological polar surface area (TPSA) is 80.6 Å². The van der Waals surface area contributed by atoms with Crippen molar-refractivity contribution in [1.82, 2.24) is 10.3 Å². The minimum absolute atomic E-state index is 0.0651. The van der Waals surface area contributed by atoms with Gasteiger partial charge in [-0.15, -0.1) is 11.3 Å². The molecule has 23 heavy (non-hydrogen) atoms. The molecule has 1 amide bonds. The minimum atomic E-state index is -2.96. The normalized spacial score (nSPS) is 21.3. The number of nitrogens with zero attached hydrogens (tertiary/aromatic N) is 1. The summed E-state index contributed by atoms with van der Waals surface area (Å²) in [5.74, 6) is 0.132. The molecule has 124 valence electrons. The van der Waals surface area contributed by atoms with Crippen LogP contribution in [0.2, 0.25) is 0 Å². The fraction of sp³-hybridized carbons (Fsp3) is 0.467. The minimum Gasteiger partial charge on any atom is -0.347 e. The maximum absolute atomic E-state index is 12.0. The first-order chi connectivity index (χ1) is 10.9. The molecule has 1 fully saturated rings. The van der Waals surface area contributed by atoms with Crippen molar-refractivity contribution in [1.29, 1.82) is 0 Å². The molecule has 0 aliphatic carbocycles. The van der Waals surface area contributed by atoms with Crippen molar-refractivity contribution in [3.05, 3.63) is 29.3 Å². The Morgan fingerprint density at radius 1 is 1.43 bits per heavy atom. The molecule has 1 aromatic heterocycles. The van der Waals surface area contributed by atoms with Crippen LogP contribution in [0.3, 0.4) is 0 Å². The van der Waals surface area contributed by atoms with E-state index >= 15 is 0 Å². The molecule has 2 heterocycles. The van der Waals surface area contributed by atoms with Gasteiger partial charge < -0.3 is 10.2 Å². The van der Waals surface area contributed by atoms with E-state index in [0.717, 1.165) is 20.1 Å². The Kier molecular flexibility index (Phi) is 4.65. The molecule has 0 spiro atoms. The molecule has 0 radical (unpaired) electrons. The zero-order valence-electron chi connectivity index (χ0n) is 12.9. The Labute approximate surface area is 139 Å². The maximum Gasteiger partial charge on any atom is 0.275 e. The van der Waals surface area contributed by atoms with Gasteiger partial charge in [-0.2, -0.15) is 0 Å². The van der Waals surface area contributed by atoms with E-state index in [9.17, 15) is 13.2 Å². The van der Waals surface area contributed by atoms with Gasteiger partial charge in [0.15, 0.2) is 16.4 Å². The highest BCUT2D eigenvalue weighted by molar-refractivity contribution is 7.91. The summed E-state index contributed by atoms with van der Waals surface area (Å²) in [5, 5.41) is 3.82. The van der Waals surface area contributed by atoms with E-state index in [2.05, 4.69) is 10.3 Å². The van der Waals surface area contributed by atoms with Crippen LogP contribution >= 0.6 is 11.3 Å². The average molecular weight is 354 g/mol. The van der Waals surface area contributed by atoms with Gasteiger partial charge >= 0.3 is 0 Å². The number of hydrogen-bond donors (Lipinski definition) is 2. The van der Waals surface area contributed by atoms with Crippen molar-refractivity contribution >= 4 is 37.3 Å². The summed E-state index contributed by atoms with van der Waals surface area (Å²) in [6.07, 6.45) is 0.519. The van der Waals surface area contributed by atoms with Crippen LogP contribution in [0, 0.1) is 0 Å². The molecule has 3 rings (SSSR count). The van der Waals surface area contributed by atoms with Crippen molar-refractivity contribution in [2.24, 2.45) is 0 Å². The molecule has 1 saturated heterocycles. The zero-order chi connectivity index (χ0) is 16.4. The van der Waals surface area contributed by atoms with Crippen LogP contribution < -0.4 is 10.2 Å². The van der Waals surface area contributed by atoms with Gasteiger partial charge in [0.1, 0.15) is 11.6 Å². The number of carbonyl (C=O) groups excluding carboxylic acids is 1. The summed E-state index contributed by atoms with van der Waals surface area (Å²) in [4.78, 5) is 17.6. The maximum atomic E-state index is 12.0. The Balaban J connectivity index is 1.52. The van der Waals surface area contributed by atoms with Crippen molar-refractivity contribution in [2.75, 3.05) is 25.1 Å². The Hall–Kier alpha value is -1.51. The molecule has 8 heteroatoms. The van der Waals surface area contributed by atoms with E-state index in [1.165, 1.54) is 0 Å². The number of aromatic nitrogens is 1. The smallest absolute Gasteiger partial charge is 0.275 e. The molecule has 2 atom stereocenters. The van der Waals surface area contributed by atoms with Crippen LogP contribution in [-0.2, 0) is 21.2 Å². The first kappa shape index (κ1) is 16.4. The molecule has 2 N–H and O–H groups in total. The molecule has 6 nitrogen and oxygen atoms in total. The summed E-state index contributed by atoms with van der Waals surface area (Å²) in [5.41, 5.74) is 0.987. The van der Waals surface area contributed by atoms with Gasteiger partial charge in [-0.3, -0.25) is 4.79 Å². The highest BCUT2D eigenvalue weighted by atomic mass is 32.2. The monoisotopic (exact) mass is 354 g/mol. The number of rotatable bonds is 5. The number of sulfone groups is 1. The Morgan fingerprint density at radius 2 is 2.22 bits per heavy atom. The van der Waals surface area contributed by atoms with Gasteiger partial charge in [0, 0.05) is 6.04 Å². The Morgan fingerprint density at radius 3 is 2.91 bits per heavy atom. The standard InChI is InChI=1S/C15H19N3O3S2/c1-18(8-14(19)16-11-6-7-23(20,21)10-11)9-15-17-12-4-2-3-5-13(12)22-15/h2-5,11H,6-10H2,1H3,(H,16,19)/p+1/t11-/m0/s1. The molecule has 1 aliphatic rings. The number of amides is 1. The van der Waals surface area contributed by atoms with Gasteiger partial charge in [-0.25, -0.2) is 13.4 Å². The summed E-state index contributed by atoms with van der Waals surface area (Å²) >= 11 is 1.64. The number of hydrogen-bond acceptors (Lipinski definition) is 5. The number of quaternary nitrogens is 1. The van der Waals surface area contributed by atoms with Crippen molar-refractivity contribution in [3.63, 3.8) is 0 Å². The first-order valence-corrected chi connectivity index (χ1v) is 10.2. The number of likely N-dealkylation sites (N-methyl/N-ethyl adjacent to an activating group) is 1. The lowest BCUT2D eigenvalue weighted by Crippen LogP contribution is -3.09. The molecule has 0 saturated carbocycles. The summed E-state index contributed by atoms with van der Waals surface area (Å²) < 4.78 is 24.0. The third-order valence-corrected chi connectivity index (χ3v) is 6.66. The number of thiazole rings is 1. The van der Waals surface area contributed by atoms with Crippen LogP contribution in [0.1, 0.15) is 11.4 Å². The van der Waals surface area contributed by atoms with Crippen molar-refractivity contribution in [3.8, 4) is 0 Å². The fourth-order valence-electron chi connectivity index (χ4n) is 2.78. The van der Waals surface area contributed by atoms with E-state index in [-0.39, 0.29) is 23.5 Å². The predicted octanol–water partition coefficient (Wildman–Crippen LogP) is -0.386. The molecule has 2 aromatic rings. The predicted molar refractivity (Wildman–Crippen MR) is 90.3 cm³/mol. The summed E-state index contributed by atoms with van der Waals surface area (Å²) in [6.45, 7) is 0.988. The number of carbonyl (C=O) groups is 1. The quantitative estimate of drug-likeness (QED) is 0.767. The average Bonchev–Trinajstić information content (AvgIpc) is 3.00. The zero-order valence-corrected chi connectivity index (χ0v) is 14.5. The van der Waals surface area contributed by atoms with Gasteiger partial charge in [-0.05, 0) is 18.6 Å². The first-order valence-electron chi connectivity index (χ1n) is 7.57. The van der Waals surface area contributed by atoms with Gasteiger partial charge in [-0.1, -0.05) is 12.1 Å². The number of fused-ring (bicyclic) bond motifs is 1. The lowest BCUT2D eigenvalue weighted by Gasteiger charge is -2.14. The number of nitrogens with one attached hydrogen (secondary N) is 2. The third-order valence-electron chi connectivity index (χ3n) is 3.85. The molecule has 1 aliphatic heterocycles. The van der Waals surface area contributed by atoms with Crippen molar-refractivity contribution < 1.29 is 18.1 Å². The lowest BCUT2D eigenvalue weighted by molar-refractivity contribution is -0.885. The van der Waals surface area contributed by atoms with Crippen molar-refractivity contribution in [2.45, 2.75) is 19.0 Å². The van der Waals surface area contributed by atoms with Gasteiger partial charge in [0.25, 0.3) is 5.91 Å². The molecular formula is C15H20N3O3S2+. The lowest BCUT2D eigenvalue weighted by atomic mass is 10.2. The van der Waals surface area contributed by atoms with E-state index < -0.39 is 9.84 Å². The molecular weight excluding hydrogens is 334 g/mol. The molecule has 0 bridgehead atoms. The SMILES string of the molecule is C[NH+](CC(=O)N[C@H]1CCS(=O)(=O)C1)Cc1nc2ccccc2s1. The van der Waals surface area contributed by atoms with Crippen LogP contribution in [0.15, 0.2) is 24.3 Å². The van der Waals surface area contributed by atoms with E-state index in [1.54, 1.807) is 11.3 Å². The van der Waals surface area contributed by atoms with Crippen LogP contribution in [-0.4, -0.2) is 50.4 Å². The Bertz CT molecular complexity index is 783. The van der Waals surface area contributed by atoms with E-state index in [1.807, 2.05) is 31.3 Å². The molecule has 1 unspecified atom stereocenters. The summed E-state index contributed by atoms with van der Waals surface area (Å²) in [7, 11) is -1.02. The highest BCUT2D eigenvalue weighted by Crippen LogP contribution is 2.20. The van der Waals surface area contributed by atoms with E-state index in [4.69, 9.17) is 0 Å². The van der Waals surface area contributed by atoms with Gasteiger partial charge in [0.05, 0.1) is 28.8 Å². The molecule has 1 aromatic carbocycles. The largest absolute Gasteiger partial charge is 0.347 e. The van der Waals surface area contributed by atoms with Crippen LogP contribution in [0.4, 0.5) is 0 Å². The van der Waals surface area contributed by atoms with E-state index in [0.29, 0.717) is 19.5 Å². The van der Waals surface area contributed by atoms with Gasteiger partial charge in [0.2, 0.25) is 0 Å². The number of para-hydroxylation sites is 1. The third kappa shape index (κ3) is 4.27. The summed E-state index contributed by atoms with van der Waals surface area (Å²) in [6, 6.07) is 7.75. The van der Waals surface area contributed by atoms with Crippen LogP contribution in [0.5, 0.6) is 0 Å². The second-order valence-electron chi connectivity index (χ2n) is 6.05. The second-order valence-corrected chi connectivity index (χ2v) is 9.40.